The number of aliphatic imine (C=N–C) groups is 2. The van der Waals surface area contributed by atoms with Gasteiger partial charge in [-0.15, -0.1) is 12.4 Å². The monoisotopic (exact) mass is 503 g/mol. The van der Waals surface area contributed by atoms with Gasteiger partial charge in [0.25, 0.3) is 0 Å². The first-order chi connectivity index (χ1) is 16.1. The molecule has 7 nitrogen and oxygen atoms in total. The topological polar surface area (TPSA) is 141 Å². The third kappa shape index (κ3) is 33.0. The van der Waals surface area contributed by atoms with E-state index in [1.54, 1.807) is 0 Å². The zero-order valence-electron chi connectivity index (χ0n) is 22.1. The molecule has 0 saturated heterocycles. The molecule has 0 aliphatic rings. The lowest BCUT2D eigenvalue weighted by molar-refractivity contribution is 0.524. The highest BCUT2D eigenvalue weighted by atomic mass is 35.5. The van der Waals surface area contributed by atoms with Crippen LogP contribution < -0.4 is 28.3 Å². The Morgan fingerprint density at radius 2 is 0.618 bits per heavy atom. The zero-order valence-corrected chi connectivity index (χ0v) is 22.9. The van der Waals surface area contributed by atoms with Crippen molar-refractivity contribution in [3.63, 3.8) is 0 Å². The quantitative estimate of drug-likeness (QED) is 0.0614. The van der Waals surface area contributed by atoms with Gasteiger partial charge >= 0.3 is 0 Å². The van der Waals surface area contributed by atoms with E-state index >= 15 is 0 Å². The molecule has 0 aliphatic carbocycles. The van der Waals surface area contributed by atoms with Crippen LogP contribution in [0.3, 0.4) is 0 Å². The highest BCUT2D eigenvalue weighted by Crippen LogP contribution is 2.11. The Bertz CT molecular complexity index is 410. The fraction of sp³-hybridized carbons (Fsp3) is 0.923. The minimum atomic E-state index is 0. The van der Waals surface area contributed by atoms with E-state index in [0.29, 0.717) is 0 Å². The highest BCUT2D eigenvalue weighted by Gasteiger charge is 1.96. The fourth-order valence-electron chi connectivity index (χ4n) is 4.09. The van der Waals surface area contributed by atoms with E-state index in [1.165, 1.54) is 129 Å². The number of hydrogen-bond donors (Lipinski definition) is 5. The van der Waals surface area contributed by atoms with Crippen LogP contribution in [0.25, 0.3) is 0 Å². The zero-order chi connectivity index (χ0) is 24.2. The summed E-state index contributed by atoms with van der Waals surface area (Å²) in [5.74, 6) is 0.430. The first-order valence-electron chi connectivity index (χ1n) is 13.9. The van der Waals surface area contributed by atoms with E-state index in [4.69, 9.17) is 22.9 Å². The maximum Gasteiger partial charge on any atom is 0.185 e. The molecule has 8 heteroatoms. The molecule has 0 rings (SSSR count). The van der Waals surface area contributed by atoms with Crippen LogP contribution in [0.15, 0.2) is 9.98 Å². The standard InChI is InChI=1S/C26H57N7.ClH/c27-25(28)32-23-19-15-11-7-3-1-5-9-13-17-21-31-22-18-14-10-6-2-4-8-12-16-20-24-33-26(29)30;/h31H,1-24H2,(H4,27,28,32)(H4,29,30,33);1H. The number of halogens is 1. The second-order valence-corrected chi connectivity index (χ2v) is 9.43. The number of rotatable bonds is 26. The van der Waals surface area contributed by atoms with Gasteiger partial charge in [-0.25, -0.2) is 0 Å². The second kappa shape index (κ2) is 29.8. The largest absolute Gasteiger partial charge is 0.370 e. The van der Waals surface area contributed by atoms with Crippen LogP contribution >= 0.6 is 12.4 Å². The maximum atomic E-state index is 5.32. The third-order valence-corrected chi connectivity index (χ3v) is 6.11. The summed E-state index contributed by atoms with van der Waals surface area (Å²) < 4.78 is 0. The second-order valence-electron chi connectivity index (χ2n) is 9.43. The van der Waals surface area contributed by atoms with Crippen molar-refractivity contribution in [2.75, 3.05) is 26.2 Å². The molecule has 0 fully saturated rings. The molecule has 0 heterocycles. The van der Waals surface area contributed by atoms with Crippen LogP contribution in [0, 0.1) is 0 Å². The lowest BCUT2D eigenvalue weighted by atomic mass is 10.1. The van der Waals surface area contributed by atoms with Gasteiger partial charge in [0.1, 0.15) is 0 Å². The molecule has 0 unspecified atom stereocenters. The molecule has 0 atom stereocenters. The predicted octanol–water partition coefficient (Wildman–Crippen LogP) is 5.35. The first-order valence-corrected chi connectivity index (χ1v) is 13.9. The predicted molar refractivity (Wildman–Crippen MR) is 154 cm³/mol. The lowest BCUT2D eigenvalue weighted by Crippen LogP contribution is -2.22. The molecule has 204 valence electrons. The van der Waals surface area contributed by atoms with Crippen molar-refractivity contribution in [3.8, 4) is 0 Å². The Morgan fingerprint density at radius 1 is 0.382 bits per heavy atom. The van der Waals surface area contributed by atoms with Crippen LogP contribution in [0.2, 0.25) is 0 Å². The van der Waals surface area contributed by atoms with Crippen molar-refractivity contribution in [1.82, 2.24) is 5.32 Å². The summed E-state index contributed by atoms with van der Waals surface area (Å²) >= 11 is 0. The molecule has 0 aromatic carbocycles. The molecule has 9 N–H and O–H groups in total. The van der Waals surface area contributed by atoms with Gasteiger partial charge in [-0.1, -0.05) is 103 Å². The van der Waals surface area contributed by atoms with Gasteiger partial charge in [-0.05, 0) is 38.8 Å². The molecule has 0 saturated carbocycles. The van der Waals surface area contributed by atoms with E-state index in [-0.39, 0.29) is 24.3 Å². The Morgan fingerprint density at radius 3 is 0.882 bits per heavy atom. The average Bonchev–Trinajstić information content (AvgIpc) is 2.78. The van der Waals surface area contributed by atoms with Gasteiger partial charge in [0.2, 0.25) is 0 Å². The Balaban J connectivity index is 0. The number of nitrogens with two attached hydrogens (primary N) is 4. The minimum absolute atomic E-state index is 0. The normalized spacial score (nSPS) is 10.6. The van der Waals surface area contributed by atoms with Crippen molar-refractivity contribution in [3.05, 3.63) is 0 Å². The molecule has 0 amide bonds. The number of nitrogens with one attached hydrogen (secondary N) is 1. The first kappa shape index (κ1) is 35.0. The number of nitrogens with zero attached hydrogens (tertiary/aromatic N) is 2. The summed E-state index contributed by atoms with van der Waals surface area (Å²) in [6, 6.07) is 0. The van der Waals surface area contributed by atoms with E-state index in [9.17, 15) is 0 Å². The van der Waals surface area contributed by atoms with Gasteiger partial charge in [0.15, 0.2) is 11.9 Å². The van der Waals surface area contributed by atoms with Gasteiger partial charge in [0.05, 0.1) is 0 Å². The Labute approximate surface area is 217 Å². The van der Waals surface area contributed by atoms with Crippen molar-refractivity contribution in [2.45, 2.75) is 128 Å². The third-order valence-electron chi connectivity index (χ3n) is 6.11. The molecular formula is C26H58ClN7. The minimum Gasteiger partial charge on any atom is -0.370 e. The molecular weight excluding hydrogens is 446 g/mol. The lowest BCUT2D eigenvalue weighted by Gasteiger charge is -2.06. The summed E-state index contributed by atoms with van der Waals surface area (Å²) in [7, 11) is 0. The maximum absolute atomic E-state index is 5.32. The smallest absolute Gasteiger partial charge is 0.185 e. The summed E-state index contributed by atoms with van der Waals surface area (Å²) in [6.07, 6.45) is 26.5. The van der Waals surface area contributed by atoms with Crippen molar-refractivity contribution in [2.24, 2.45) is 32.9 Å². The molecule has 0 radical (unpaired) electrons. The van der Waals surface area contributed by atoms with Crippen LogP contribution in [-0.2, 0) is 0 Å². The summed E-state index contributed by atoms with van der Waals surface area (Å²) in [5.41, 5.74) is 21.3. The van der Waals surface area contributed by atoms with Crippen LogP contribution in [0.5, 0.6) is 0 Å². The van der Waals surface area contributed by atoms with Crippen LogP contribution in [0.4, 0.5) is 0 Å². The average molecular weight is 504 g/mol. The van der Waals surface area contributed by atoms with Gasteiger partial charge < -0.3 is 28.3 Å². The molecule has 0 spiro atoms. The van der Waals surface area contributed by atoms with E-state index in [2.05, 4.69) is 15.3 Å². The Hall–Kier alpha value is -1.21. The molecule has 0 aromatic heterocycles. The van der Waals surface area contributed by atoms with Gasteiger partial charge in [-0.3, -0.25) is 9.98 Å². The number of unbranched alkanes of at least 4 members (excludes halogenated alkanes) is 18. The van der Waals surface area contributed by atoms with Crippen molar-refractivity contribution >= 4 is 24.3 Å². The van der Waals surface area contributed by atoms with Crippen LogP contribution in [-0.4, -0.2) is 38.1 Å². The summed E-state index contributed by atoms with van der Waals surface area (Å²) in [4.78, 5) is 8.03. The van der Waals surface area contributed by atoms with Gasteiger partial charge in [-0.2, -0.15) is 0 Å². The summed E-state index contributed by atoms with van der Waals surface area (Å²) in [5, 5.41) is 3.62. The van der Waals surface area contributed by atoms with Crippen molar-refractivity contribution in [1.29, 1.82) is 0 Å². The van der Waals surface area contributed by atoms with Crippen molar-refractivity contribution < 1.29 is 0 Å². The molecule has 34 heavy (non-hydrogen) atoms. The van der Waals surface area contributed by atoms with E-state index in [0.717, 1.165) is 25.9 Å². The molecule has 0 aromatic rings. The fourth-order valence-corrected chi connectivity index (χ4v) is 4.09. The summed E-state index contributed by atoms with van der Waals surface area (Å²) in [6.45, 7) is 3.95. The molecule has 0 aliphatic heterocycles. The Kier molecular flexibility index (Phi) is 30.7. The van der Waals surface area contributed by atoms with Gasteiger partial charge in [0, 0.05) is 13.1 Å². The van der Waals surface area contributed by atoms with E-state index < -0.39 is 0 Å². The highest BCUT2D eigenvalue weighted by molar-refractivity contribution is 5.85. The SMILES string of the molecule is Cl.NC(N)=NCCCCCCCCCCCCNCCCCCCCCCCCCN=C(N)N. The van der Waals surface area contributed by atoms with E-state index in [1.807, 2.05) is 0 Å². The molecule has 0 bridgehead atoms. The number of hydrogen-bond acceptors (Lipinski definition) is 3. The van der Waals surface area contributed by atoms with Crippen LogP contribution in [0.1, 0.15) is 128 Å². The number of guanidine groups is 2.